The molecule has 6 heteroatoms. The molecule has 0 fully saturated rings. The molecule has 0 bridgehead atoms. The molecule has 0 saturated carbocycles. The molecule has 0 aliphatic carbocycles. The molecule has 0 heterocycles. The van der Waals surface area contributed by atoms with Crippen LogP contribution in [0.1, 0.15) is 6.42 Å². The van der Waals surface area contributed by atoms with E-state index in [2.05, 4.69) is 0 Å². The molecule has 0 unspecified atom stereocenters. The van der Waals surface area contributed by atoms with E-state index >= 15 is 0 Å². The summed E-state index contributed by atoms with van der Waals surface area (Å²) < 4.78 is 0. The van der Waals surface area contributed by atoms with E-state index in [-0.39, 0.29) is 11.8 Å². The third kappa shape index (κ3) is 23.6. The molecule has 0 saturated heterocycles. The normalized spacial score (nSPS) is 7.60. The maximum absolute atomic E-state index is 9.71. The lowest BCUT2D eigenvalue weighted by Crippen LogP contribution is -1.92. The monoisotopic (exact) mass is 224 g/mol. The minimum absolute atomic E-state index is 0.194. The van der Waals surface area contributed by atoms with Crippen LogP contribution in [0.4, 0.5) is 0 Å². The van der Waals surface area contributed by atoms with Crippen molar-refractivity contribution in [3.63, 3.8) is 0 Å². The fourth-order valence-electron chi connectivity index (χ4n) is 0.109. The molecule has 0 rings (SSSR count). The Morgan fingerprint density at radius 3 is 1.20 bits per heavy atom. The van der Waals surface area contributed by atoms with Gasteiger partial charge < -0.3 is 0 Å². The molecule has 0 amide bonds. The summed E-state index contributed by atoms with van der Waals surface area (Å²) in [4.78, 5) is 19.4. The summed E-state index contributed by atoms with van der Waals surface area (Å²) in [6, 6.07) is 0. The Morgan fingerprint density at radius 2 is 1.20 bits per heavy atom. The Kier molecular flexibility index (Phi) is 12.5. The fraction of sp³-hybridized carbons (Fsp3) is 0.500. The first-order valence-electron chi connectivity index (χ1n) is 2.03. The van der Waals surface area contributed by atoms with Gasteiger partial charge in [-0.15, -0.1) is 23.2 Å². The summed E-state index contributed by atoms with van der Waals surface area (Å²) in [7, 11) is 0. The van der Waals surface area contributed by atoms with Gasteiger partial charge in [0.25, 0.3) is 0 Å². The van der Waals surface area contributed by atoms with Crippen molar-refractivity contribution in [2.75, 3.05) is 5.34 Å². The van der Waals surface area contributed by atoms with Crippen molar-refractivity contribution in [2.45, 2.75) is 6.42 Å². The zero-order valence-corrected chi connectivity index (χ0v) is 7.77. The number of alkyl halides is 2. The second-order valence-corrected chi connectivity index (χ2v) is 2.64. The second kappa shape index (κ2) is 9.50. The molecular formula is C4H4Cl4O2. The first kappa shape index (κ1) is 13.1. The van der Waals surface area contributed by atoms with Crippen molar-refractivity contribution >= 4 is 56.9 Å². The van der Waals surface area contributed by atoms with Gasteiger partial charge in [0.1, 0.15) is 0 Å². The van der Waals surface area contributed by atoms with Gasteiger partial charge in [-0.2, -0.15) is 0 Å². The summed E-state index contributed by atoms with van der Waals surface area (Å²) in [5, 5.41) is -1.25. The van der Waals surface area contributed by atoms with Gasteiger partial charge in [-0.1, -0.05) is 0 Å². The average molecular weight is 226 g/mol. The summed E-state index contributed by atoms with van der Waals surface area (Å²) in [6.45, 7) is 0. The van der Waals surface area contributed by atoms with Crippen LogP contribution in [0.25, 0.3) is 0 Å². The standard InChI is InChI=1S/C3H2Cl2O2.CH2Cl2/c4-2(6)1-3(5)7;2-1-3/h1H2;1H2. The predicted molar refractivity (Wildman–Crippen MR) is 42.9 cm³/mol. The summed E-state index contributed by atoms with van der Waals surface area (Å²) in [5.41, 5.74) is 0. The Balaban J connectivity index is 0. The van der Waals surface area contributed by atoms with E-state index in [1.54, 1.807) is 0 Å². The number of hydrogen-bond donors (Lipinski definition) is 0. The highest BCUT2D eigenvalue weighted by atomic mass is 35.5. The third-order valence-electron chi connectivity index (χ3n) is 0.278. The molecule has 0 N–H and O–H groups in total. The predicted octanol–water partition coefficient (Wildman–Crippen LogP) is 2.33. The topological polar surface area (TPSA) is 34.1 Å². The molecule has 0 aromatic rings. The van der Waals surface area contributed by atoms with Crippen LogP contribution in [-0.4, -0.2) is 15.8 Å². The van der Waals surface area contributed by atoms with E-state index in [0.29, 0.717) is 0 Å². The zero-order valence-electron chi connectivity index (χ0n) is 4.74. The van der Waals surface area contributed by atoms with Gasteiger partial charge in [0.05, 0.1) is 11.8 Å². The molecule has 10 heavy (non-hydrogen) atoms. The lowest BCUT2D eigenvalue weighted by Gasteiger charge is -1.76. The van der Waals surface area contributed by atoms with Gasteiger partial charge >= 0.3 is 0 Å². The Bertz CT molecular complexity index is 102. The summed E-state index contributed by atoms with van der Waals surface area (Å²) >= 11 is 19.0. The van der Waals surface area contributed by atoms with E-state index in [1.165, 1.54) is 0 Å². The van der Waals surface area contributed by atoms with Gasteiger partial charge in [0.15, 0.2) is 0 Å². The van der Waals surface area contributed by atoms with Crippen molar-refractivity contribution in [3.8, 4) is 0 Å². The van der Waals surface area contributed by atoms with Crippen LogP contribution in [0.5, 0.6) is 0 Å². The number of halogens is 4. The van der Waals surface area contributed by atoms with Gasteiger partial charge in [-0.05, 0) is 23.2 Å². The largest absolute Gasteiger partial charge is 0.281 e. The first-order chi connectivity index (χ1) is 4.54. The fourth-order valence-corrected chi connectivity index (χ4v) is 0.420. The van der Waals surface area contributed by atoms with Crippen LogP contribution < -0.4 is 0 Å². The van der Waals surface area contributed by atoms with Crippen molar-refractivity contribution in [2.24, 2.45) is 0 Å². The number of rotatable bonds is 2. The highest BCUT2D eigenvalue weighted by Crippen LogP contribution is 1.92. The number of carbonyl (C=O) groups excluding carboxylic acids is 2. The smallest absolute Gasteiger partial charge is 0.230 e. The molecule has 0 radical (unpaired) electrons. The minimum atomic E-state index is -0.722. The highest BCUT2D eigenvalue weighted by Gasteiger charge is 2.00. The van der Waals surface area contributed by atoms with Gasteiger partial charge in [-0.3, -0.25) is 9.59 Å². The quantitative estimate of drug-likeness (QED) is 0.411. The van der Waals surface area contributed by atoms with Crippen molar-refractivity contribution in [3.05, 3.63) is 0 Å². The molecule has 0 aromatic carbocycles. The average Bonchev–Trinajstić information content (AvgIpc) is 1.62. The van der Waals surface area contributed by atoms with Crippen LogP contribution >= 0.6 is 46.4 Å². The van der Waals surface area contributed by atoms with E-state index in [1.807, 2.05) is 0 Å². The minimum Gasteiger partial charge on any atom is -0.281 e. The molecule has 0 aliphatic rings. The summed E-state index contributed by atoms with van der Waals surface area (Å²) in [5.74, 6) is 0. The van der Waals surface area contributed by atoms with Crippen LogP contribution in [0.2, 0.25) is 0 Å². The number of hydrogen-bond acceptors (Lipinski definition) is 2. The SMILES string of the molecule is ClCCl.O=C(Cl)CC(=O)Cl. The number of carbonyl (C=O) groups is 2. The molecule has 0 atom stereocenters. The van der Waals surface area contributed by atoms with E-state index in [0.717, 1.165) is 0 Å². The van der Waals surface area contributed by atoms with Gasteiger partial charge in [0, 0.05) is 0 Å². The van der Waals surface area contributed by atoms with Crippen molar-refractivity contribution in [1.82, 2.24) is 0 Å². The van der Waals surface area contributed by atoms with E-state index in [4.69, 9.17) is 46.4 Å². The molecule has 0 aliphatic heterocycles. The van der Waals surface area contributed by atoms with E-state index in [9.17, 15) is 9.59 Å². The maximum atomic E-state index is 9.71. The zero-order chi connectivity index (χ0) is 8.57. The van der Waals surface area contributed by atoms with Crippen LogP contribution in [0, 0.1) is 0 Å². The van der Waals surface area contributed by atoms with Crippen molar-refractivity contribution < 1.29 is 9.59 Å². The Hall–Kier alpha value is 0.500. The molecular weight excluding hydrogens is 222 g/mol. The highest BCUT2D eigenvalue weighted by molar-refractivity contribution is 6.72. The Labute approximate surface area is 78.4 Å². The van der Waals surface area contributed by atoms with Crippen LogP contribution in [0.15, 0.2) is 0 Å². The van der Waals surface area contributed by atoms with Gasteiger partial charge in [0.2, 0.25) is 10.5 Å². The molecule has 60 valence electrons. The second-order valence-electron chi connectivity index (χ2n) is 0.988. The Morgan fingerprint density at radius 1 is 1.00 bits per heavy atom. The van der Waals surface area contributed by atoms with E-state index < -0.39 is 10.5 Å². The lowest BCUT2D eigenvalue weighted by molar-refractivity contribution is -0.118. The third-order valence-corrected chi connectivity index (χ3v) is 0.545. The summed E-state index contributed by atoms with van der Waals surface area (Å²) in [6.07, 6.45) is -0.386. The van der Waals surface area contributed by atoms with Crippen LogP contribution in [-0.2, 0) is 9.59 Å². The van der Waals surface area contributed by atoms with Crippen molar-refractivity contribution in [1.29, 1.82) is 0 Å². The van der Waals surface area contributed by atoms with Crippen LogP contribution in [0.3, 0.4) is 0 Å². The molecule has 2 nitrogen and oxygen atoms in total. The molecule has 0 spiro atoms. The maximum Gasteiger partial charge on any atom is 0.230 e. The van der Waals surface area contributed by atoms with Gasteiger partial charge in [-0.25, -0.2) is 0 Å². The molecule has 0 aromatic heterocycles. The lowest BCUT2D eigenvalue weighted by atomic mass is 10.5. The first-order valence-corrected chi connectivity index (χ1v) is 3.85.